The highest BCUT2D eigenvalue weighted by Gasteiger charge is 2.46. The molecule has 8 nitrogen and oxygen atoms in total. The standard InChI is InChI=1S/C25H28N4O4S/c1-2-24(13-14-24)19-11-9-18(10-12-19)16-25(26,34(32,33)22-8-3-4-15-27-22)20-6-5-7-21(29-20)28-17-23(30)31/h3-12,15H,2,13-14,16-17,26H2,1H3,(H,28,29)(H,30,31). The number of aliphatic carboxylic acids is 1. The fraction of sp³-hybridized carbons (Fsp3) is 0.320. The topological polar surface area (TPSA) is 135 Å². The van der Waals surface area contributed by atoms with Gasteiger partial charge in [0.2, 0.25) is 9.84 Å². The Morgan fingerprint density at radius 2 is 1.85 bits per heavy atom. The van der Waals surface area contributed by atoms with Gasteiger partial charge in [0.05, 0.1) is 5.69 Å². The van der Waals surface area contributed by atoms with E-state index in [1.54, 1.807) is 24.3 Å². The summed E-state index contributed by atoms with van der Waals surface area (Å²) < 4.78 is 27.6. The molecule has 1 atom stereocenters. The van der Waals surface area contributed by atoms with Gasteiger partial charge in [0.25, 0.3) is 0 Å². The molecule has 1 aromatic carbocycles. The van der Waals surface area contributed by atoms with Crippen LogP contribution in [-0.2, 0) is 31.3 Å². The summed E-state index contributed by atoms with van der Waals surface area (Å²) in [4.78, 5) is 17.4. The number of carboxylic acids is 1. The van der Waals surface area contributed by atoms with Crippen LogP contribution >= 0.6 is 0 Å². The summed E-state index contributed by atoms with van der Waals surface area (Å²) in [7, 11) is -4.17. The Labute approximate surface area is 199 Å². The van der Waals surface area contributed by atoms with Crippen LogP contribution in [0, 0.1) is 0 Å². The van der Waals surface area contributed by atoms with Crippen LogP contribution in [0.3, 0.4) is 0 Å². The summed E-state index contributed by atoms with van der Waals surface area (Å²) in [6.07, 6.45) is 4.78. The maximum absolute atomic E-state index is 13.8. The third-order valence-corrected chi connectivity index (χ3v) is 8.66. The predicted molar refractivity (Wildman–Crippen MR) is 129 cm³/mol. The molecule has 4 rings (SSSR count). The maximum Gasteiger partial charge on any atom is 0.322 e. The van der Waals surface area contributed by atoms with E-state index in [-0.39, 0.29) is 34.9 Å². The molecule has 0 radical (unpaired) electrons. The normalized spacial score (nSPS) is 16.4. The van der Waals surface area contributed by atoms with Crippen LogP contribution in [0.5, 0.6) is 0 Å². The average Bonchev–Trinajstić information content (AvgIpc) is 3.65. The lowest BCUT2D eigenvalue weighted by Crippen LogP contribution is -2.47. The first-order valence-corrected chi connectivity index (χ1v) is 12.7. The van der Waals surface area contributed by atoms with Crippen molar-refractivity contribution in [3.05, 3.63) is 83.7 Å². The second-order valence-electron chi connectivity index (χ2n) is 8.72. The number of nitrogens with two attached hydrogens (primary N) is 1. The largest absolute Gasteiger partial charge is 0.480 e. The Morgan fingerprint density at radius 1 is 1.12 bits per heavy atom. The summed E-state index contributed by atoms with van der Waals surface area (Å²) in [5.41, 5.74) is 9.07. The SMILES string of the molecule is CCC1(c2ccc(CC(N)(c3cccc(NCC(=O)O)n3)S(=O)(=O)c3ccccn3)cc2)CC1. The molecule has 0 bridgehead atoms. The number of anilines is 1. The first-order chi connectivity index (χ1) is 16.2. The van der Waals surface area contributed by atoms with Gasteiger partial charge in [-0.3, -0.25) is 4.79 Å². The Balaban J connectivity index is 1.75. The molecular weight excluding hydrogens is 452 g/mol. The lowest BCUT2D eigenvalue weighted by Gasteiger charge is -2.29. The highest BCUT2D eigenvalue weighted by Crippen LogP contribution is 2.50. The zero-order valence-electron chi connectivity index (χ0n) is 18.9. The van der Waals surface area contributed by atoms with Crippen molar-refractivity contribution in [2.24, 2.45) is 5.73 Å². The van der Waals surface area contributed by atoms with Crippen LogP contribution in [0.25, 0.3) is 0 Å². The van der Waals surface area contributed by atoms with Crippen LogP contribution in [0.1, 0.15) is 43.0 Å². The number of hydrogen-bond acceptors (Lipinski definition) is 7. The Hall–Kier alpha value is -3.30. The number of nitrogens with zero attached hydrogens (tertiary/aromatic N) is 2. The second kappa shape index (κ2) is 9.15. The molecule has 2 aromatic heterocycles. The first kappa shape index (κ1) is 23.8. The number of aromatic nitrogens is 2. The number of nitrogens with one attached hydrogen (secondary N) is 1. The Bertz CT molecular complexity index is 1280. The molecule has 1 aliphatic carbocycles. The number of rotatable bonds is 10. The van der Waals surface area contributed by atoms with Gasteiger partial charge in [0.1, 0.15) is 12.4 Å². The van der Waals surface area contributed by atoms with Crippen molar-refractivity contribution in [1.29, 1.82) is 0 Å². The molecule has 4 N–H and O–H groups in total. The molecule has 3 aromatic rings. The van der Waals surface area contributed by atoms with Crippen molar-refractivity contribution in [3.8, 4) is 0 Å². The van der Waals surface area contributed by atoms with E-state index in [4.69, 9.17) is 10.8 Å². The molecule has 1 aliphatic rings. The summed E-state index contributed by atoms with van der Waals surface area (Å²) >= 11 is 0. The number of pyridine rings is 2. The smallest absolute Gasteiger partial charge is 0.322 e. The van der Waals surface area contributed by atoms with Gasteiger partial charge in [-0.25, -0.2) is 18.4 Å². The van der Waals surface area contributed by atoms with E-state index in [0.717, 1.165) is 24.8 Å². The molecular formula is C25H28N4O4S. The zero-order valence-corrected chi connectivity index (χ0v) is 19.8. The summed E-state index contributed by atoms with van der Waals surface area (Å²) in [5, 5.41) is 11.5. The lowest BCUT2D eigenvalue weighted by molar-refractivity contribution is -0.134. The number of carboxylic acid groups (broad SMARTS) is 1. The minimum Gasteiger partial charge on any atom is -0.480 e. The third-order valence-electron chi connectivity index (χ3n) is 6.56. The van der Waals surface area contributed by atoms with Gasteiger partial charge in [-0.2, -0.15) is 0 Å². The molecule has 178 valence electrons. The molecule has 9 heteroatoms. The zero-order chi connectivity index (χ0) is 24.4. The minimum atomic E-state index is -4.17. The molecule has 1 fully saturated rings. The van der Waals surface area contributed by atoms with Crippen molar-refractivity contribution in [2.75, 3.05) is 11.9 Å². The van der Waals surface area contributed by atoms with E-state index in [1.807, 2.05) is 12.1 Å². The molecule has 0 spiro atoms. The van der Waals surface area contributed by atoms with Gasteiger partial charge in [-0.1, -0.05) is 43.3 Å². The number of benzene rings is 1. The molecule has 1 saturated carbocycles. The van der Waals surface area contributed by atoms with Crippen LogP contribution in [-0.4, -0.2) is 36.0 Å². The molecule has 0 aliphatic heterocycles. The lowest BCUT2D eigenvalue weighted by atomic mass is 9.91. The van der Waals surface area contributed by atoms with E-state index in [2.05, 4.69) is 34.3 Å². The predicted octanol–water partition coefficient (Wildman–Crippen LogP) is 3.24. The average molecular weight is 481 g/mol. The van der Waals surface area contributed by atoms with Crippen molar-refractivity contribution < 1.29 is 18.3 Å². The monoisotopic (exact) mass is 480 g/mol. The summed E-state index contributed by atoms with van der Waals surface area (Å²) in [6, 6.07) is 17.3. The van der Waals surface area contributed by atoms with E-state index in [0.29, 0.717) is 0 Å². The summed E-state index contributed by atoms with van der Waals surface area (Å²) in [6.45, 7) is 1.82. The highest BCUT2D eigenvalue weighted by molar-refractivity contribution is 7.92. The van der Waals surface area contributed by atoms with Crippen LogP contribution in [0.2, 0.25) is 0 Å². The van der Waals surface area contributed by atoms with Crippen molar-refractivity contribution in [1.82, 2.24) is 9.97 Å². The summed E-state index contributed by atoms with van der Waals surface area (Å²) in [5.74, 6) is -0.840. The first-order valence-electron chi connectivity index (χ1n) is 11.2. The van der Waals surface area contributed by atoms with E-state index < -0.39 is 20.7 Å². The van der Waals surface area contributed by atoms with Gasteiger partial charge < -0.3 is 16.2 Å². The van der Waals surface area contributed by atoms with Gasteiger partial charge in [0.15, 0.2) is 9.90 Å². The quantitative estimate of drug-likeness (QED) is 0.402. The number of carbonyl (C=O) groups is 1. The minimum absolute atomic E-state index is 0.0271. The van der Waals surface area contributed by atoms with Gasteiger partial charge >= 0.3 is 5.97 Å². The van der Waals surface area contributed by atoms with Crippen molar-refractivity contribution in [2.45, 2.75) is 47.9 Å². The molecule has 0 amide bonds. The fourth-order valence-corrected chi connectivity index (χ4v) is 5.80. The van der Waals surface area contributed by atoms with Gasteiger partial charge in [-0.15, -0.1) is 0 Å². The van der Waals surface area contributed by atoms with Crippen LogP contribution in [0.4, 0.5) is 5.82 Å². The van der Waals surface area contributed by atoms with Crippen LogP contribution in [0.15, 0.2) is 71.9 Å². The second-order valence-corrected chi connectivity index (χ2v) is 10.9. The number of hydrogen-bond donors (Lipinski definition) is 3. The van der Waals surface area contributed by atoms with Crippen molar-refractivity contribution in [3.63, 3.8) is 0 Å². The van der Waals surface area contributed by atoms with Gasteiger partial charge in [0, 0.05) is 12.6 Å². The Kier molecular flexibility index (Phi) is 6.42. The molecule has 1 unspecified atom stereocenters. The molecule has 34 heavy (non-hydrogen) atoms. The third kappa shape index (κ3) is 4.53. The van der Waals surface area contributed by atoms with E-state index >= 15 is 0 Å². The van der Waals surface area contributed by atoms with E-state index in [9.17, 15) is 13.2 Å². The highest BCUT2D eigenvalue weighted by atomic mass is 32.2. The maximum atomic E-state index is 13.8. The molecule has 2 heterocycles. The number of sulfone groups is 1. The van der Waals surface area contributed by atoms with Crippen LogP contribution < -0.4 is 11.1 Å². The fourth-order valence-electron chi connectivity index (χ4n) is 4.23. The van der Waals surface area contributed by atoms with E-state index in [1.165, 1.54) is 23.9 Å². The van der Waals surface area contributed by atoms with Gasteiger partial charge in [-0.05, 0) is 60.1 Å². The van der Waals surface area contributed by atoms with Crippen molar-refractivity contribution >= 4 is 21.6 Å². The Morgan fingerprint density at radius 3 is 2.44 bits per heavy atom. The molecule has 0 saturated heterocycles.